The minimum Gasteiger partial charge on any atom is -0.322 e. The number of benzene rings is 2. The fourth-order valence-electron chi connectivity index (χ4n) is 3.62. The number of imide groups is 1. The lowest BCUT2D eigenvalue weighted by Gasteiger charge is -2.29. The van der Waals surface area contributed by atoms with Gasteiger partial charge in [0.25, 0.3) is 5.91 Å². The van der Waals surface area contributed by atoms with Crippen LogP contribution in [0.2, 0.25) is 0 Å². The van der Waals surface area contributed by atoms with Crippen LogP contribution in [0.3, 0.4) is 0 Å². The van der Waals surface area contributed by atoms with E-state index in [9.17, 15) is 23.6 Å². The Labute approximate surface area is 171 Å². The second kappa shape index (κ2) is 7.58. The summed E-state index contributed by atoms with van der Waals surface area (Å²) in [6, 6.07) is 9.33. The Morgan fingerprint density at radius 2 is 1.90 bits per heavy atom. The van der Waals surface area contributed by atoms with Crippen molar-refractivity contribution in [2.45, 2.75) is 25.4 Å². The lowest BCUT2D eigenvalue weighted by Crippen LogP contribution is -2.52. The van der Waals surface area contributed by atoms with Crippen LogP contribution >= 0.6 is 0 Å². The van der Waals surface area contributed by atoms with Crippen LogP contribution in [0.15, 0.2) is 42.5 Å². The van der Waals surface area contributed by atoms with Crippen molar-refractivity contribution in [1.29, 1.82) is 0 Å². The topological polar surface area (TPSA) is 98.8 Å². The molecule has 0 aromatic heterocycles. The Morgan fingerprint density at radius 1 is 1.17 bits per heavy atom. The summed E-state index contributed by atoms with van der Waals surface area (Å²) in [5.74, 6) is -1.52. The SMILES string of the molecule is CN(C(=O)Nc1ccc2c(c1)C(=O)N(C1CCC(=O)NC1=O)C2)c1ccc(F)cc1. The highest BCUT2D eigenvalue weighted by molar-refractivity contribution is 6.06. The molecule has 2 aliphatic rings. The van der Waals surface area contributed by atoms with Gasteiger partial charge in [-0.1, -0.05) is 6.07 Å². The van der Waals surface area contributed by atoms with Crippen molar-refractivity contribution < 1.29 is 23.6 Å². The molecule has 0 saturated carbocycles. The average Bonchev–Trinajstić information content (AvgIpc) is 3.04. The highest BCUT2D eigenvalue weighted by Crippen LogP contribution is 2.29. The first kappa shape index (κ1) is 19.6. The van der Waals surface area contributed by atoms with Crippen molar-refractivity contribution in [3.05, 3.63) is 59.4 Å². The van der Waals surface area contributed by atoms with Gasteiger partial charge in [-0.15, -0.1) is 0 Å². The third kappa shape index (κ3) is 3.61. The number of nitrogens with one attached hydrogen (secondary N) is 2. The number of urea groups is 1. The third-order valence-electron chi connectivity index (χ3n) is 5.30. The first-order chi connectivity index (χ1) is 14.3. The first-order valence-corrected chi connectivity index (χ1v) is 9.41. The van der Waals surface area contributed by atoms with Crippen molar-refractivity contribution in [2.24, 2.45) is 0 Å². The van der Waals surface area contributed by atoms with Crippen LogP contribution in [0.1, 0.15) is 28.8 Å². The molecule has 0 bridgehead atoms. The average molecular weight is 410 g/mol. The molecule has 2 aliphatic heterocycles. The third-order valence-corrected chi connectivity index (χ3v) is 5.30. The van der Waals surface area contributed by atoms with E-state index >= 15 is 0 Å². The van der Waals surface area contributed by atoms with Crippen molar-refractivity contribution in [3.8, 4) is 0 Å². The summed E-state index contributed by atoms with van der Waals surface area (Å²) >= 11 is 0. The molecule has 0 spiro atoms. The van der Waals surface area contributed by atoms with Gasteiger partial charge in [0.2, 0.25) is 11.8 Å². The number of hydrogen-bond acceptors (Lipinski definition) is 4. The van der Waals surface area contributed by atoms with Gasteiger partial charge in [-0.3, -0.25) is 24.6 Å². The van der Waals surface area contributed by atoms with Crippen molar-refractivity contribution in [3.63, 3.8) is 0 Å². The highest BCUT2D eigenvalue weighted by atomic mass is 19.1. The molecule has 1 saturated heterocycles. The molecule has 2 N–H and O–H groups in total. The molecule has 1 atom stereocenters. The molecule has 0 radical (unpaired) electrons. The zero-order chi connectivity index (χ0) is 21.4. The smallest absolute Gasteiger partial charge is 0.322 e. The minimum absolute atomic E-state index is 0.188. The van der Waals surface area contributed by atoms with Crippen molar-refractivity contribution >= 4 is 35.1 Å². The maximum absolute atomic E-state index is 13.1. The monoisotopic (exact) mass is 410 g/mol. The molecule has 1 unspecified atom stereocenters. The molecule has 5 amide bonds. The predicted molar refractivity (Wildman–Crippen MR) is 106 cm³/mol. The number of carbonyl (C=O) groups is 4. The molecule has 9 heteroatoms. The fraction of sp³-hybridized carbons (Fsp3) is 0.238. The number of carbonyl (C=O) groups excluding carboxylic acids is 4. The summed E-state index contributed by atoms with van der Waals surface area (Å²) in [6.07, 6.45) is 0.476. The Bertz CT molecular complexity index is 1050. The van der Waals surface area contributed by atoms with Gasteiger partial charge >= 0.3 is 6.03 Å². The molecule has 1 fully saturated rings. The Balaban J connectivity index is 1.48. The number of fused-ring (bicyclic) bond motifs is 1. The van der Waals surface area contributed by atoms with Gasteiger partial charge in [-0.05, 0) is 48.4 Å². The van der Waals surface area contributed by atoms with E-state index in [-0.39, 0.29) is 31.2 Å². The van der Waals surface area contributed by atoms with E-state index in [0.29, 0.717) is 16.9 Å². The van der Waals surface area contributed by atoms with E-state index in [0.717, 1.165) is 5.56 Å². The van der Waals surface area contributed by atoms with E-state index in [1.54, 1.807) is 25.2 Å². The number of anilines is 2. The van der Waals surface area contributed by atoms with Gasteiger partial charge in [0.15, 0.2) is 0 Å². The van der Waals surface area contributed by atoms with Crippen LogP contribution in [0.4, 0.5) is 20.6 Å². The normalized spacial score (nSPS) is 18.1. The molecule has 2 aromatic rings. The first-order valence-electron chi connectivity index (χ1n) is 9.41. The molecule has 4 rings (SSSR count). The van der Waals surface area contributed by atoms with E-state index in [4.69, 9.17) is 0 Å². The largest absolute Gasteiger partial charge is 0.326 e. The molecule has 154 valence electrons. The number of rotatable bonds is 3. The van der Waals surface area contributed by atoms with E-state index in [2.05, 4.69) is 10.6 Å². The standard InChI is InChI=1S/C21H19FN4O4/c1-25(15-6-3-13(22)4-7-15)21(30)23-14-5-2-12-11-26(20(29)16(12)10-14)17-8-9-18(27)24-19(17)28/h2-7,10,17H,8-9,11H2,1H3,(H,23,30)(H,24,27,28). The predicted octanol–water partition coefficient (Wildman–Crippen LogP) is 2.25. The summed E-state index contributed by atoms with van der Waals surface area (Å²) in [4.78, 5) is 51.6. The Hall–Kier alpha value is -3.75. The number of nitrogens with zero attached hydrogens (tertiary/aromatic N) is 2. The van der Waals surface area contributed by atoms with Gasteiger partial charge in [-0.2, -0.15) is 0 Å². The molecule has 0 aliphatic carbocycles. The summed E-state index contributed by atoms with van der Waals surface area (Å²) < 4.78 is 13.1. The van der Waals surface area contributed by atoms with Gasteiger partial charge in [0.05, 0.1) is 0 Å². The van der Waals surface area contributed by atoms with E-state index in [1.165, 1.54) is 34.1 Å². The second-order valence-corrected chi connectivity index (χ2v) is 7.24. The van der Waals surface area contributed by atoms with Crippen LogP contribution < -0.4 is 15.5 Å². The minimum atomic E-state index is -0.690. The highest BCUT2D eigenvalue weighted by Gasteiger charge is 2.39. The van der Waals surface area contributed by atoms with Crippen LogP contribution in [0.5, 0.6) is 0 Å². The van der Waals surface area contributed by atoms with Gasteiger partial charge in [-0.25, -0.2) is 9.18 Å². The number of hydrogen-bond donors (Lipinski definition) is 2. The summed E-state index contributed by atoms with van der Waals surface area (Å²) in [6.45, 7) is 0.268. The Kier molecular flexibility index (Phi) is 4.94. The van der Waals surface area contributed by atoms with E-state index in [1.807, 2.05) is 0 Å². The molecular weight excluding hydrogens is 391 g/mol. The summed E-state index contributed by atoms with van der Waals surface area (Å²) in [7, 11) is 1.55. The molecule has 2 aromatic carbocycles. The Morgan fingerprint density at radius 3 is 2.60 bits per heavy atom. The van der Waals surface area contributed by atoms with Crippen LogP contribution in [0.25, 0.3) is 0 Å². The lowest BCUT2D eigenvalue weighted by molar-refractivity contribution is -0.136. The van der Waals surface area contributed by atoms with Gasteiger partial charge in [0.1, 0.15) is 11.9 Å². The van der Waals surface area contributed by atoms with Gasteiger partial charge < -0.3 is 10.2 Å². The quantitative estimate of drug-likeness (QED) is 0.759. The molecule has 2 heterocycles. The molecular formula is C21H19FN4O4. The van der Waals surface area contributed by atoms with Crippen LogP contribution in [0, 0.1) is 5.82 Å². The van der Waals surface area contributed by atoms with Gasteiger partial charge in [0, 0.05) is 37.0 Å². The lowest BCUT2D eigenvalue weighted by atomic mass is 10.0. The van der Waals surface area contributed by atoms with E-state index < -0.39 is 23.8 Å². The second-order valence-electron chi connectivity index (χ2n) is 7.24. The zero-order valence-electron chi connectivity index (χ0n) is 16.1. The molecule has 30 heavy (non-hydrogen) atoms. The number of piperidine rings is 1. The summed E-state index contributed by atoms with van der Waals surface area (Å²) in [5.41, 5.74) is 2.08. The number of amides is 5. The maximum atomic E-state index is 13.1. The number of halogens is 1. The van der Waals surface area contributed by atoms with Crippen LogP contribution in [-0.2, 0) is 16.1 Å². The summed E-state index contributed by atoms with van der Waals surface area (Å²) in [5, 5.41) is 4.98. The fourth-order valence-corrected chi connectivity index (χ4v) is 3.62. The maximum Gasteiger partial charge on any atom is 0.326 e. The van der Waals surface area contributed by atoms with Crippen molar-refractivity contribution in [1.82, 2.24) is 10.2 Å². The zero-order valence-corrected chi connectivity index (χ0v) is 16.1. The van der Waals surface area contributed by atoms with Crippen LogP contribution in [-0.4, -0.2) is 41.7 Å². The molecule has 8 nitrogen and oxygen atoms in total. The van der Waals surface area contributed by atoms with Crippen molar-refractivity contribution in [2.75, 3.05) is 17.3 Å².